The van der Waals surface area contributed by atoms with Crippen molar-refractivity contribution in [1.29, 1.82) is 0 Å². The first-order valence-electron chi connectivity index (χ1n) is 8.35. The SMILES string of the molecule is CCC1O[C@@H](C(C)C)C(OCc2ccccc2)[C@@H](C)[C@H]1C. The van der Waals surface area contributed by atoms with E-state index in [4.69, 9.17) is 9.47 Å². The fourth-order valence-corrected chi connectivity index (χ4v) is 3.36. The van der Waals surface area contributed by atoms with E-state index in [1.165, 1.54) is 5.56 Å². The van der Waals surface area contributed by atoms with E-state index in [0.717, 1.165) is 6.42 Å². The van der Waals surface area contributed by atoms with Crippen molar-refractivity contribution in [3.63, 3.8) is 0 Å². The highest BCUT2D eigenvalue weighted by Crippen LogP contribution is 2.36. The van der Waals surface area contributed by atoms with E-state index in [0.29, 0.717) is 30.5 Å². The molecule has 5 atom stereocenters. The van der Waals surface area contributed by atoms with Gasteiger partial charge in [0.15, 0.2) is 0 Å². The van der Waals surface area contributed by atoms with Gasteiger partial charge in [0.25, 0.3) is 0 Å². The molecule has 1 aromatic carbocycles. The first-order valence-corrected chi connectivity index (χ1v) is 8.35. The lowest BCUT2D eigenvalue weighted by molar-refractivity contribution is -0.203. The fourth-order valence-electron chi connectivity index (χ4n) is 3.36. The normalized spacial score (nSPS) is 33.3. The molecule has 0 aliphatic carbocycles. The van der Waals surface area contributed by atoms with Crippen LogP contribution in [0.1, 0.15) is 46.6 Å². The smallest absolute Gasteiger partial charge is 0.0872 e. The van der Waals surface area contributed by atoms with Crippen LogP contribution in [0.25, 0.3) is 0 Å². The average molecular weight is 290 g/mol. The zero-order valence-corrected chi connectivity index (χ0v) is 14.1. The van der Waals surface area contributed by atoms with Crippen molar-refractivity contribution in [3.8, 4) is 0 Å². The van der Waals surface area contributed by atoms with Gasteiger partial charge in [0.2, 0.25) is 0 Å². The highest BCUT2D eigenvalue weighted by atomic mass is 16.6. The monoisotopic (exact) mass is 290 g/mol. The molecule has 0 radical (unpaired) electrons. The van der Waals surface area contributed by atoms with Crippen LogP contribution in [0, 0.1) is 17.8 Å². The highest BCUT2D eigenvalue weighted by molar-refractivity contribution is 5.13. The van der Waals surface area contributed by atoms with E-state index in [2.05, 4.69) is 58.9 Å². The molecule has 0 saturated carbocycles. The topological polar surface area (TPSA) is 18.5 Å². The van der Waals surface area contributed by atoms with E-state index in [1.807, 2.05) is 6.07 Å². The van der Waals surface area contributed by atoms with Crippen LogP contribution in [-0.2, 0) is 16.1 Å². The van der Waals surface area contributed by atoms with Crippen LogP contribution in [0.15, 0.2) is 30.3 Å². The molecule has 2 unspecified atom stereocenters. The van der Waals surface area contributed by atoms with Gasteiger partial charge in [0.05, 0.1) is 24.9 Å². The minimum absolute atomic E-state index is 0.183. The second-order valence-electron chi connectivity index (χ2n) is 6.77. The third-order valence-electron chi connectivity index (χ3n) is 4.93. The number of hydrogen-bond acceptors (Lipinski definition) is 2. The van der Waals surface area contributed by atoms with E-state index < -0.39 is 0 Å². The van der Waals surface area contributed by atoms with Gasteiger partial charge in [-0.25, -0.2) is 0 Å². The summed E-state index contributed by atoms with van der Waals surface area (Å²) in [6.07, 6.45) is 1.83. The van der Waals surface area contributed by atoms with Gasteiger partial charge in [-0.05, 0) is 29.7 Å². The predicted molar refractivity (Wildman–Crippen MR) is 87.1 cm³/mol. The fraction of sp³-hybridized carbons (Fsp3) is 0.684. The third-order valence-corrected chi connectivity index (χ3v) is 4.93. The van der Waals surface area contributed by atoms with Crippen molar-refractivity contribution in [2.45, 2.75) is 66.0 Å². The lowest BCUT2D eigenvalue weighted by atomic mass is 9.78. The number of ether oxygens (including phenoxy) is 2. The van der Waals surface area contributed by atoms with E-state index in [1.54, 1.807) is 0 Å². The molecule has 1 saturated heterocycles. The van der Waals surface area contributed by atoms with Crippen LogP contribution in [0.4, 0.5) is 0 Å². The van der Waals surface area contributed by atoms with Gasteiger partial charge in [0.1, 0.15) is 0 Å². The van der Waals surface area contributed by atoms with E-state index in [-0.39, 0.29) is 12.2 Å². The van der Waals surface area contributed by atoms with Crippen LogP contribution >= 0.6 is 0 Å². The summed E-state index contributed by atoms with van der Waals surface area (Å²) in [6, 6.07) is 10.4. The van der Waals surface area contributed by atoms with E-state index >= 15 is 0 Å². The Kier molecular flexibility index (Phi) is 5.83. The van der Waals surface area contributed by atoms with Crippen LogP contribution in [0.3, 0.4) is 0 Å². The molecule has 21 heavy (non-hydrogen) atoms. The summed E-state index contributed by atoms with van der Waals surface area (Å²) in [6.45, 7) is 12.0. The Hall–Kier alpha value is -0.860. The Morgan fingerprint density at radius 1 is 1.10 bits per heavy atom. The molecule has 1 aromatic rings. The summed E-state index contributed by atoms with van der Waals surface area (Å²) >= 11 is 0. The second kappa shape index (κ2) is 7.42. The number of hydrogen-bond donors (Lipinski definition) is 0. The Balaban J connectivity index is 2.07. The molecule has 1 aliphatic rings. The zero-order chi connectivity index (χ0) is 15.4. The van der Waals surface area contributed by atoms with Gasteiger partial charge < -0.3 is 9.47 Å². The lowest BCUT2D eigenvalue weighted by Crippen LogP contribution is -2.52. The average Bonchev–Trinajstić information content (AvgIpc) is 2.49. The maximum Gasteiger partial charge on any atom is 0.0872 e. The molecule has 2 nitrogen and oxygen atoms in total. The standard InChI is InChI=1S/C19H30O2/c1-6-17-14(4)15(5)19(18(21-17)13(2)3)20-12-16-10-8-7-9-11-16/h7-11,13-15,17-19H,6,12H2,1-5H3/t14-,15+,17?,18+,19?/m1/s1. The highest BCUT2D eigenvalue weighted by Gasteiger charge is 2.42. The predicted octanol–water partition coefficient (Wildman–Crippen LogP) is 4.68. The van der Waals surface area contributed by atoms with Crippen LogP contribution < -0.4 is 0 Å². The molecule has 1 heterocycles. The van der Waals surface area contributed by atoms with Gasteiger partial charge in [0, 0.05) is 0 Å². The minimum atomic E-state index is 0.183. The molecule has 1 fully saturated rings. The molecular formula is C19H30O2. The molecule has 0 spiro atoms. The number of rotatable bonds is 5. The van der Waals surface area contributed by atoms with Crippen molar-refractivity contribution >= 4 is 0 Å². The molecule has 2 heteroatoms. The largest absolute Gasteiger partial charge is 0.372 e. The second-order valence-corrected chi connectivity index (χ2v) is 6.77. The van der Waals surface area contributed by atoms with Crippen LogP contribution in [0.2, 0.25) is 0 Å². The quantitative estimate of drug-likeness (QED) is 0.784. The molecule has 118 valence electrons. The molecule has 0 bridgehead atoms. The lowest BCUT2D eigenvalue weighted by Gasteiger charge is -2.46. The van der Waals surface area contributed by atoms with Gasteiger partial charge in [-0.1, -0.05) is 65.0 Å². The van der Waals surface area contributed by atoms with Gasteiger partial charge in [-0.15, -0.1) is 0 Å². The van der Waals surface area contributed by atoms with Crippen LogP contribution in [-0.4, -0.2) is 18.3 Å². The molecule has 0 aromatic heterocycles. The maximum absolute atomic E-state index is 6.36. The van der Waals surface area contributed by atoms with Crippen molar-refractivity contribution in [1.82, 2.24) is 0 Å². The summed E-state index contributed by atoms with van der Waals surface area (Å²) in [4.78, 5) is 0. The third kappa shape index (κ3) is 3.87. The zero-order valence-electron chi connectivity index (χ0n) is 14.1. The first-order chi connectivity index (χ1) is 10.0. The molecule has 1 aliphatic heterocycles. The maximum atomic E-state index is 6.36. The van der Waals surface area contributed by atoms with Gasteiger partial charge >= 0.3 is 0 Å². The Bertz CT molecular complexity index is 415. The van der Waals surface area contributed by atoms with Crippen molar-refractivity contribution in [3.05, 3.63) is 35.9 Å². The summed E-state index contributed by atoms with van der Waals surface area (Å²) in [5.41, 5.74) is 1.23. The number of benzene rings is 1. The minimum Gasteiger partial charge on any atom is -0.372 e. The molecule has 0 amide bonds. The summed E-state index contributed by atoms with van der Waals surface area (Å²) < 4.78 is 12.6. The molecule has 2 rings (SSSR count). The van der Waals surface area contributed by atoms with Crippen molar-refractivity contribution in [2.75, 3.05) is 0 Å². The van der Waals surface area contributed by atoms with Gasteiger partial charge in [-0.2, -0.15) is 0 Å². The van der Waals surface area contributed by atoms with Crippen molar-refractivity contribution in [2.24, 2.45) is 17.8 Å². The van der Waals surface area contributed by atoms with E-state index in [9.17, 15) is 0 Å². The Morgan fingerprint density at radius 2 is 1.76 bits per heavy atom. The summed E-state index contributed by atoms with van der Waals surface area (Å²) in [7, 11) is 0. The summed E-state index contributed by atoms with van der Waals surface area (Å²) in [5.74, 6) is 1.56. The van der Waals surface area contributed by atoms with Crippen LogP contribution in [0.5, 0.6) is 0 Å². The Labute approximate surface area is 129 Å². The molecular weight excluding hydrogens is 260 g/mol. The van der Waals surface area contributed by atoms with Gasteiger partial charge in [-0.3, -0.25) is 0 Å². The Morgan fingerprint density at radius 3 is 2.33 bits per heavy atom. The first kappa shape index (κ1) is 16.5. The molecule has 0 N–H and O–H groups in total. The van der Waals surface area contributed by atoms with Crippen molar-refractivity contribution < 1.29 is 9.47 Å². The summed E-state index contributed by atoms with van der Waals surface area (Å²) in [5, 5.41) is 0.